The Morgan fingerprint density at radius 3 is 2.90 bits per heavy atom. The van der Waals surface area contributed by atoms with Crippen molar-refractivity contribution in [2.24, 2.45) is 4.99 Å². The average Bonchev–Trinajstić information content (AvgIpc) is 2.93. The van der Waals surface area contributed by atoms with Crippen molar-refractivity contribution in [3.63, 3.8) is 0 Å². The van der Waals surface area contributed by atoms with Crippen molar-refractivity contribution in [2.75, 3.05) is 7.11 Å². The molecule has 0 aromatic heterocycles. The topological polar surface area (TPSA) is 41.9 Å². The molecular weight excluding hydrogens is 308 g/mol. The van der Waals surface area contributed by atoms with Crippen LogP contribution in [0, 0.1) is 0 Å². The molecule has 4 nitrogen and oxygen atoms in total. The van der Waals surface area contributed by atoms with E-state index in [0.717, 1.165) is 10.7 Å². The van der Waals surface area contributed by atoms with E-state index < -0.39 is 0 Å². The van der Waals surface area contributed by atoms with Gasteiger partial charge in [0.1, 0.15) is 0 Å². The Hall–Kier alpha value is -1.72. The Morgan fingerprint density at radius 2 is 2.19 bits per heavy atom. The minimum atomic E-state index is -0.384. The maximum absolute atomic E-state index is 12.2. The number of amidine groups is 1. The SMILES string of the molecule is COC(=O)C1=C(C)N=C2SC=CN2C1c1ccccc1Cl. The number of esters is 1. The highest BCUT2D eigenvalue weighted by molar-refractivity contribution is 8.16. The highest BCUT2D eigenvalue weighted by Crippen LogP contribution is 2.42. The van der Waals surface area contributed by atoms with Crippen LogP contribution in [0.3, 0.4) is 0 Å². The molecule has 1 atom stereocenters. The lowest BCUT2D eigenvalue weighted by Crippen LogP contribution is -2.34. The summed E-state index contributed by atoms with van der Waals surface area (Å²) in [5.74, 6) is -0.384. The number of nitrogens with zero attached hydrogens (tertiary/aromatic N) is 2. The number of halogens is 1. The van der Waals surface area contributed by atoms with Gasteiger partial charge in [0, 0.05) is 11.2 Å². The van der Waals surface area contributed by atoms with Crippen LogP contribution in [0.2, 0.25) is 5.02 Å². The Labute approximate surface area is 132 Å². The van der Waals surface area contributed by atoms with Crippen molar-refractivity contribution in [1.82, 2.24) is 4.90 Å². The highest BCUT2D eigenvalue weighted by Gasteiger charge is 2.37. The number of hydrogen-bond donors (Lipinski definition) is 0. The molecule has 108 valence electrons. The number of aliphatic imine (C=N–C) groups is 1. The molecular formula is C15H13ClN2O2S. The van der Waals surface area contributed by atoms with Gasteiger partial charge in [0.05, 0.1) is 24.4 Å². The minimum absolute atomic E-state index is 0.315. The van der Waals surface area contributed by atoms with Crippen LogP contribution in [0.4, 0.5) is 0 Å². The van der Waals surface area contributed by atoms with Gasteiger partial charge in [-0.05, 0) is 24.0 Å². The van der Waals surface area contributed by atoms with E-state index in [2.05, 4.69) is 4.99 Å². The number of ether oxygens (including phenoxy) is 1. The van der Waals surface area contributed by atoms with Gasteiger partial charge in [0.25, 0.3) is 0 Å². The number of benzene rings is 1. The average molecular weight is 321 g/mol. The summed E-state index contributed by atoms with van der Waals surface area (Å²) < 4.78 is 4.93. The summed E-state index contributed by atoms with van der Waals surface area (Å²) in [7, 11) is 1.38. The predicted octanol–water partition coefficient (Wildman–Crippen LogP) is 3.72. The Balaban J connectivity index is 2.18. The molecule has 0 radical (unpaired) electrons. The molecule has 2 aliphatic rings. The summed E-state index contributed by atoms with van der Waals surface area (Å²) in [4.78, 5) is 18.6. The summed E-state index contributed by atoms with van der Waals surface area (Å²) >= 11 is 7.86. The van der Waals surface area contributed by atoms with Crippen molar-refractivity contribution >= 4 is 34.5 Å². The Morgan fingerprint density at radius 1 is 1.43 bits per heavy atom. The van der Waals surface area contributed by atoms with E-state index >= 15 is 0 Å². The molecule has 3 rings (SSSR count). The standard InChI is InChI=1S/C15H13ClN2O2S/c1-9-12(14(19)20-2)13(10-5-3-4-6-11(10)16)18-7-8-21-15(18)17-9/h3-8,13H,1-2H3. The maximum atomic E-state index is 12.2. The number of fused-ring (bicyclic) bond motifs is 1. The molecule has 1 aromatic rings. The van der Waals surface area contributed by atoms with Crippen LogP contribution in [0.15, 0.2) is 52.1 Å². The first-order chi connectivity index (χ1) is 10.1. The normalized spacial score (nSPS) is 20.4. The molecule has 1 aromatic carbocycles. The lowest BCUT2D eigenvalue weighted by atomic mass is 9.95. The van der Waals surface area contributed by atoms with Gasteiger partial charge in [-0.2, -0.15) is 0 Å². The summed E-state index contributed by atoms with van der Waals surface area (Å²) in [6.45, 7) is 1.82. The van der Waals surface area contributed by atoms with Crippen LogP contribution in [0.5, 0.6) is 0 Å². The monoisotopic (exact) mass is 320 g/mol. The summed E-state index contributed by atoms with van der Waals surface area (Å²) in [5, 5.41) is 3.39. The maximum Gasteiger partial charge on any atom is 0.338 e. The van der Waals surface area contributed by atoms with Crippen LogP contribution in [-0.2, 0) is 9.53 Å². The van der Waals surface area contributed by atoms with Gasteiger partial charge in [-0.25, -0.2) is 9.79 Å². The molecule has 0 N–H and O–H groups in total. The van der Waals surface area contributed by atoms with Crippen molar-refractivity contribution in [1.29, 1.82) is 0 Å². The Bertz CT molecular complexity index is 697. The zero-order valence-electron chi connectivity index (χ0n) is 11.5. The number of allylic oxidation sites excluding steroid dienone is 1. The minimum Gasteiger partial charge on any atom is -0.466 e. The summed E-state index contributed by atoms with van der Waals surface area (Å²) in [6, 6.07) is 7.20. The quantitative estimate of drug-likeness (QED) is 0.779. The van der Waals surface area contributed by atoms with E-state index in [1.807, 2.05) is 47.7 Å². The fourth-order valence-electron chi connectivity index (χ4n) is 2.47. The van der Waals surface area contributed by atoms with E-state index in [1.54, 1.807) is 0 Å². The molecule has 6 heteroatoms. The molecule has 0 aliphatic carbocycles. The zero-order valence-corrected chi connectivity index (χ0v) is 13.1. The third kappa shape index (κ3) is 2.36. The van der Waals surface area contributed by atoms with E-state index in [1.165, 1.54) is 18.9 Å². The van der Waals surface area contributed by atoms with E-state index in [4.69, 9.17) is 16.3 Å². The van der Waals surface area contributed by atoms with Gasteiger partial charge in [-0.15, -0.1) is 0 Å². The van der Waals surface area contributed by atoms with Gasteiger partial charge in [-0.1, -0.05) is 41.6 Å². The van der Waals surface area contributed by atoms with Crippen molar-refractivity contribution in [2.45, 2.75) is 13.0 Å². The predicted molar refractivity (Wildman–Crippen MR) is 84.9 cm³/mol. The fraction of sp³-hybridized carbons (Fsp3) is 0.200. The first-order valence-corrected chi connectivity index (χ1v) is 7.63. The van der Waals surface area contributed by atoms with Crippen molar-refractivity contribution < 1.29 is 9.53 Å². The molecule has 0 spiro atoms. The summed E-state index contributed by atoms with van der Waals surface area (Å²) in [5.41, 5.74) is 2.04. The lowest BCUT2D eigenvalue weighted by molar-refractivity contribution is -0.136. The van der Waals surface area contributed by atoms with Gasteiger partial charge in [0.15, 0.2) is 5.17 Å². The second kappa shape index (κ2) is 5.58. The first kappa shape index (κ1) is 14.2. The fourth-order valence-corrected chi connectivity index (χ4v) is 3.50. The number of carbonyl (C=O) groups is 1. The first-order valence-electron chi connectivity index (χ1n) is 6.37. The van der Waals surface area contributed by atoms with Gasteiger partial charge in [0.2, 0.25) is 0 Å². The molecule has 1 unspecified atom stereocenters. The van der Waals surface area contributed by atoms with Crippen LogP contribution in [0.25, 0.3) is 0 Å². The molecule has 0 amide bonds. The molecule has 0 saturated heterocycles. The number of methoxy groups -OCH3 is 1. The third-order valence-corrected chi connectivity index (χ3v) is 4.54. The van der Waals surface area contributed by atoms with Crippen LogP contribution in [-0.4, -0.2) is 23.1 Å². The van der Waals surface area contributed by atoms with Crippen LogP contribution in [0.1, 0.15) is 18.5 Å². The zero-order chi connectivity index (χ0) is 15.0. The molecule has 0 fully saturated rings. The smallest absolute Gasteiger partial charge is 0.338 e. The molecule has 2 aliphatic heterocycles. The third-order valence-electron chi connectivity index (χ3n) is 3.43. The van der Waals surface area contributed by atoms with Crippen molar-refractivity contribution in [3.05, 3.63) is 57.7 Å². The second-order valence-electron chi connectivity index (χ2n) is 4.62. The Kier molecular flexibility index (Phi) is 3.78. The van der Waals surface area contributed by atoms with E-state index in [9.17, 15) is 4.79 Å². The highest BCUT2D eigenvalue weighted by atomic mass is 35.5. The van der Waals surface area contributed by atoms with Gasteiger partial charge < -0.3 is 9.64 Å². The molecule has 0 bridgehead atoms. The number of hydrogen-bond acceptors (Lipinski definition) is 5. The van der Waals surface area contributed by atoms with Crippen LogP contribution >= 0.6 is 23.4 Å². The number of thioether (sulfide) groups is 1. The number of rotatable bonds is 2. The van der Waals surface area contributed by atoms with Crippen LogP contribution < -0.4 is 0 Å². The van der Waals surface area contributed by atoms with Gasteiger partial charge in [-0.3, -0.25) is 0 Å². The summed E-state index contributed by atoms with van der Waals surface area (Å²) in [6.07, 6.45) is 1.91. The molecule has 0 saturated carbocycles. The number of carbonyl (C=O) groups excluding carboxylic acids is 1. The largest absolute Gasteiger partial charge is 0.466 e. The lowest BCUT2D eigenvalue weighted by Gasteiger charge is -2.33. The second-order valence-corrected chi connectivity index (χ2v) is 5.90. The van der Waals surface area contributed by atoms with E-state index in [-0.39, 0.29) is 12.0 Å². The van der Waals surface area contributed by atoms with E-state index in [0.29, 0.717) is 16.3 Å². The molecule has 2 heterocycles. The van der Waals surface area contributed by atoms with Crippen molar-refractivity contribution in [3.8, 4) is 0 Å². The van der Waals surface area contributed by atoms with Gasteiger partial charge >= 0.3 is 5.97 Å². The molecule has 21 heavy (non-hydrogen) atoms.